The van der Waals surface area contributed by atoms with E-state index in [4.69, 9.17) is 16.7 Å². The second-order valence-corrected chi connectivity index (χ2v) is 6.62. The van der Waals surface area contributed by atoms with Crippen molar-refractivity contribution in [2.24, 2.45) is 5.92 Å². The van der Waals surface area contributed by atoms with Gasteiger partial charge in [0.05, 0.1) is 11.5 Å². The molecule has 0 radical (unpaired) electrons. The third-order valence-corrected chi connectivity index (χ3v) is 4.99. The van der Waals surface area contributed by atoms with Crippen molar-refractivity contribution < 1.29 is 13.5 Å². The van der Waals surface area contributed by atoms with Crippen molar-refractivity contribution in [2.75, 3.05) is 6.54 Å². The van der Waals surface area contributed by atoms with Crippen molar-refractivity contribution in [2.45, 2.75) is 38.2 Å². The number of aliphatic hydroxyl groups excluding tert-OH is 1. The Morgan fingerprint density at radius 2 is 1.95 bits per heavy atom. The Bertz CT molecular complexity index is 513. The Morgan fingerprint density at radius 1 is 1.32 bits per heavy atom. The van der Waals surface area contributed by atoms with Crippen molar-refractivity contribution in [1.29, 1.82) is 0 Å². The van der Waals surface area contributed by atoms with Crippen LogP contribution in [0.1, 0.15) is 32.3 Å². The quantitative estimate of drug-likeness (QED) is 0.813. The van der Waals surface area contributed by atoms with Crippen LogP contribution >= 0.6 is 11.6 Å². The van der Waals surface area contributed by atoms with Gasteiger partial charge in [-0.2, -0.15) is 0 Å². The molecule has 0 aliphatic rings. The zero-order valence-corrected chi connectivity index (χ0v) is 12.8. The summed E-state index contributed by atoms with van der Waals surface area (Å²) in [5.41, 5.74) is 0.514. The third-order valence-electron chi connectivity index (χ3n) is 3.22. The topological polar surface area (TPSA) is 66.4 Å². The molecule has 108 valence electrons. The Balaban J connectivity index is 2.85. The molecule has 4 nitrogen and oxygen atoms in total. The zero-order chi connectivity index (χ0) is 14.5. The first-order valence-corrected chi connectivity index (χ1v) is 8.19. The van der Waals surface area contributed by atoms with E-state index in [-0.39, 0.29) is 16.5 Å². The second-order valence-electron chi connectivity index (χ2n) is 4.45. The summed E-state index contributed by atoms with van der Waals surface area (Å²) in [6.07, 6.45) is 1.87. The van der Waals surface area contributed by atoms with Crippen LogP contribution in [0.2, 0.25) is 5.02 Å². The van der Waals surface area contributed by atoms with Crippen molar-refractivity contribution >= 4 is 21.6 Å². The van der Waals surface area contributed by atoms with Gasteiger partial charge in [0.25, 0.3) is 0 Å². The Kier molecular flexibility index (Phi) is 6.26. The lowest BCUT2D eigenvalue weighted by Gasteiger charge is -2.14. The van der Waals surface area contributed by atoms with Crippen molar-refractivity contribution in [3.63, 3.8) is 0 Å². The van der Waals surface area contributed by atoms with E-state index in [1.807, 2.05) is 13.8 Å². The third kappa shape index (κ3) is 4.45. The molecule has 0 unspecified atom stereocenters. The number of hydrogen-bond donors (Lipinski definition) is 2. The van der Waals surface area contributed by atoms with Crippen LogP contribution in [0, 0.1) is 5.92 Å². The molecule has 6 heteroatoms. The minimum absolute atomic E-state index is 0.126. The molecule has 1 rings (SSSR count). The molecule has 0 aromatic heterocycles. The number of halogens is 1. The maximum atomic E-state index is 12.1. The summed E-state index contributed by atoms with van der Waals surface area (Å²) in [7, 11) is -3.54. The van der Waals surface area contributed by atoms with Gasteiger partial charge >= 0.3 is 0 Å². The fraction of sp³-hybridized carbons (Fsp3) is 0.538. The minimum atomic E-state index is -3.54. The van der Waals surface area contributed by atoms with Gasteiger partial charge in [-0.3, -0.25) is 0 Å². The van der Waals surface area contributed by atoms with Gasteiger partial charge in [0.15, 0.2) is 0 Å². The molecule has 0 aliphatic heterocycles. The normalized spacial score (nSPS) is 12.1. The van der Waals surface area contributed by atoms with Gasteiger partial charge in [-0.25, -0.2) is 13.1 Å². The molecule has 1 aromatic rings. The first-order chi connectivity index (χ1) is 8.94. The van der Waals surface area contributed by atoms with E-state index in [0.29, 0.717) is 18.0 Å². The number of benzene rings is 1. The number of sulfonamides is 1. The molecule has 0 spiro atoms. The molecule has 0 saturated heterocycles. The molecular formula is C13H20ClNO3S. The minimum Gasteiger partial charge on any atom is -0.392 e. The fourth-order valence-corrected chi connectivity index (χ4v) is 3.16. The number of hydrogen-bond acceptors (Lipinski definition) is 3. The number of aliphatic hydroxyl groups is 1. The summed E-state index contributed by atoms with van der Waals surface area (Å²) >= 11 is 5.90. The largest absolute Gasteiger partial charge is 0.392 e. The fourth-order valence-electron chi connectivity index (χ4n) is 1.71. The lowest BCUT2D eigenvalue weighted by molar-refractivity contribution is 0.282. The highest BCUT2D eigenvalue weighted by Crippen LogP contribution is 2.21. The summed E-state index contributed by atoms with van der Waals surface area (Å²) in [6.45, 7) is 4.29. The van der Waals surface area contributed by atoms with E-state index in [0.717, 1.165) is 12.8 Å². The first kappa shape index (κ1) is 16.4. The lowest BCUT2D eigenvalue weighted by Crippen LogP contribution is -2.29. The molecule has 0 amide bonds. The van der Waals surface area contributed by atoms with Crippen LogP contribution < -0.4 is 4.72 Å². The van der Waals surface area contributed by atoms with Gasteiger partial charge in [0, 0.05) is 11.6 Å². The highest BCUT2D eigenvalue weighted by Gasteiger charge is 2.16. The summed E-state index contributed by atoms with van der Waals surface area (Å²) < 4.78 is 26.8. The summed E-state index contributed by atoms with van der Waals surface area (Å²) in [5, 5.41) is 9.26. The van der Waals surface area contributed by atoms with E-state index < -0.39 is 10.0 Å². The highest BCUT2D eigenvalue weighted by molar-refractivity contribution is 7.89. The van der Waals surface area contributed by atoms with Crippen molar-refractivity contribution in [3.05, 3.63) is 28.8 Å². The van der Waals surface area contributed by atoms with Gasteiger partial charge in [0.2, 0.25) is 10.0 Å². The number of nitrogens with one attached hydrogen (secondary N) is 1. The molecule has 0 saturated carbocycles. The Hall–Kier alpha value is -0.620. The van der Waals surface area contributed by atoms with Crippen molar-refractivity contribution in [3.8, 4) is 0 Å². The molecule has 0 fully saturated rings. The van der Waals surface area contributed by atoms with Gasteiger partial charge in [-0.05, 0) is 23.6 Å². The smallest absolute Gasteiger partial charge is 0.240 e. The molecule has 2 N–H and O–H groups in total. The van der Waals surface area contributed by atoms with Gasteiger partial charge in [0.1, 0.15) is 0 Å². The van der Waals surface area contributed by atoms with E-state index >= 15 is 0 Å². The average Bonchev–Trinajstić information content (AvgIpc) is 2.39. The van der Waals surface area contributed by atoms with Gasteiger partial charge in [-0.1, -0.05) is 44.4 Å². The SMILES string of the molecule is CCC(CC)CNS(=O)(=O)c1ccc(CO)c(Cl)c1. The predicted molar refractivity (Wildman–Crippen MR) is 76.6 cm³/mol. The van der Waals surface area contributed by atoms with Gasteiger partial charge in [-0.15, -0.1) is 0 Å². The van der Waals surface area contributed by atoms with Crippen LogP contribution in [0.3, 0.4) is 0 Å². The van der Waals surface area contributed by atoms with Crippen LogP contribution in [0.5, 0.6) is 0 Å². The van der Waals surface area contributed by atoms with Crippen molar-refractivity contribution in [1.82, 2.24) is 4.72 Å². The molecule has 1 aromatic carbocycles. The maximum absolute atomic E-state index is 12.1. The first-order valence-electron chi connectivity index (χ1n) is 6.33. The Labute approximate surface area is 119 Å². The van der Waals surface area contributed by atoms with Crippen LogP contribution in [0.15, 0.2) is 23.1 Å². The van der Waals surface area contributed by atoms with Gasteiger partial charge < -0.3 is 5.11 Å². The predicted octanol–water partition coefficient (Wildman–Crippen LogP) is 2.55. The summed E-state index contributed by atoms with van der Waals surface area (Å²) in [6, 6.07) is 4.34. The highest BCUT2D eigenvalue weighted by atomic mass is 35.5. The molecule has 0 heterocycles. The summed E-state index contributed by atoms with van der Waals surface area (Å²) in [5.74, 6) is 0.335. The van der Waals surface area contributed by atoms with Crippen LogP contribution in [-0.4, -0.2) is 20.1 Å². The van der Waals surface area contributed by atoms with Crippen LogP contribution in [0.4, 0.5) is 0 Å². The molecule has 0 aliphatic carbocycles. The van der Waals surface area contributed by atoms with E-state index in [9.17, 15) is 8.42 Å². The summed E-state index contributed by atoms with van der Waals surface area (Å²) in [4.78, 5) is 0.126. The number of rotatable bonds is 7. The monoisotopic (exact) mass is 305 g/mol. The molecule has 0 bridgehead atoms. The zero-order valence-electron chi connectivity index (χ0n) is 11.2. The lowest BCUT2D eigenvalue weighted by atomic mass is 10.0. The van der Waals surface area contributed by atoms with E-state index in [1.165, 1.54) is 18.2 Å². The van der Waals surface area contributed by atoms with Crippen LogP contribution in [-0.2, 0) is 16.6 Å². The maximum Gasteiger partial charge on any atom is 0.240 e. The average molecular weight is 306 g/mol. The second kappa shape index (κ2) is 7.24. The Morgan fingerprint density at radius 3 is 2.42 bits per heavy atom. The standard InChI is InChI=1S/C13H20ClNO3S/c1-3-10(4-2)8-15-19(17,18)12-6-5-11(9-16)13(14)7-12/h5-7,10,15-16H,3-4,8-9H2,1-2H3. The van der Waals surface area contributed by atoms with E-state index in [1.54, 1.807) is 0 Å². The molecule has 0 atom stereocenters. The van der Waals surface area contributed by atoms with Crippen LogP contribution in [0.25, 0.3) is 0 Å². The molecular weight excluding hydrogens is 286 g/mol. The molecule has 19 heavy (non-hydrogen) atoms. The van der Waals surface area contributed by atoms with E-state index in [2.05, 4.69) is 4.72 Å².